The smallest absolute Gasteiger partial charge is 0.306 e. The fourth-order valence-corrected chi connectivity index (χ4v) is 2.65. The number of carbonyl (C=O) groups excluding carboxylic acids is 2. The molecule has 0 aromatic carbocycles. The van der Waals surface area contributed by atoms with E-state index >= 15 is 0 Å². The fourth-order valence-electron chi connectivity index (χ4n) is 2.65. The summed E-state index contributed by atoms with van der Waals surface area (Å²) in [5, 5.41) is 0. The van der Waals surface area contributed by atoms with E-state index in [-0.39, 0.29) is 24.7 Å². The Morgan fingerprint density at radius 3 is 2.37 bits per heavy atom. The fraction of sp³-hybridized carbons (Fsp3) is 0.867. The molecule has 2 unspecified atom stereocenters. The van der Waals surface area contributed by atoms with Crippen molar-refractivity contribution in [1.29, 1.82) is 0 Å². The van der Waals surface area contributed by atoms with Gasteiger partial charge in [0.1, 0.15) is 5.60 Å². The molecule has 0 bridgehead atoms. The van der Waals surface area contributed by atoms with Crippen LogP contribution in [-0.2, 0) is 14.3 Å². The second-order valence-electron chi connectivity index (χ2n) is 6.38. The highest BCUT2D eigenvalue weighted by Gasteiger charge is 2.33. The SMILES string of the molecule is CCC1CCC(C)N1C(=O)CCC(=O)OC(C)(C)C. The molecule has 4 nitrogen and oxygen atoms in total. The molecule has 1 fully saturated rings. The van der Waals surface area contributed by atoms with E-state index in [4.69, 9.17) is 4.74 Å². The van der Waals surface area contributed by atoms with Gasteiger partial charge in [-0.1, -0.05) is 6.92 Å². The van der Waals surface area contributed by atoms with Gasteiger partial charge in [-0.15, -0.1) is 0 Å². The molecule has 0 aromatic rings. The molecule has 1 rings (SSSR count). The molecule has 1 aliphatic rings. The van der Waals surface area contributed by atoms with Crippen molar-refractivity contribution >= 4 is 11.9 Å². The Bertz CT molecular complexity index is 333. The summed E-state index contributed by atoms with van der Waals surface area (Å²) in [5.74, 6) is -0.205. The van der Waals surface area contributed by atoms with Crippen LogP contribution in [0.3, 0.4) is 0 Å². The van der Waals surface area contributed by atoms with Crippen LogP contribution in [0.1, 0.15) is 66.7 Å². The summed E-state index contributed by atoms with van der Waals surface area (Å²) in [6, 6.07) is 0.650. The number of ether oxygens (including phenoxy) is 1. The first-order valence-corrected chi connectivity index (χ1v) is 7.27. The maximum atomic E-state index is 12.2. The predicted octanol–water partition coefficient (Wildman–Crippen LogP) is 2.90. The number of rotatable bonds is 4. The third-order valence-electron chi connectivity index (χ3n) is 3.51. The molecule has 1 saturated heterocycles. The van der Waals surface area contributed by atoms with Crippen molar-refractivity contribution in [3.05, 3.63) is 0 Å². The minimum absolute atomic E-state index is 0.0858. The Morgan fingerprint density at radius 2 is 1.84 bits per heavy atom. The van der Waals surface area contributed by atoms with Crippen molar-refractivity contribution < 1.29 is 14.3 Å². The number of hydrogen-bond acceptors (Lipinski definition) is 3. The number of hydrogen-bond donors (Lipinski definition) is 0. The predicted molar refractivity (Wildman–Crippen MR) is 74.7 cm³/mol. The van der Waals surface area contributed by atoms with Gasteiger partial charge in [0.2, 0.25) is 5.91 Å². The van der Waals surface area contributed by atoms with Crippen LogP contribution in [0.5, 0.6) is 0 Å². The van der Waals surface area contributed by atoms with Gasteiger partial charge in [0.15, 0.2) is 0 Å². The quantitative estimate of drug-likeness (QED) is 0.737. The van der Waals surface area contributed by atoms with Crippen LogP contribution in [0.15, 0.2) is 0 Å². The molecule has 0 aliphatic carbocycles. The zero-order valence-corrected chi connectivity index (χ0v) is 12.9. The summed E-state index contributed by atoms with van der Waals surface area (Å²) in [7, 11) is 0. The molecular weight excluding hydrogens is 242 g/mol. The molecular formula is C15H27NO3. The van der Waals surface area contributed by atoms with E-state index in [9.17, 15) is 9.59 Å². The minimum atomic E-state index is -0.479. The van der Waals surface area contributed by atoms with E-state index in [1.165, 1.54) is 0 Å². The second-order valence-corrected chi connectivity index (χ2v) is 6.38. The monoisotopic (exact) mass is 269 g/mol. The van der Waals surface area contributed by atoms with E-state index in [0.29, 0.717) is 12.1 Å². The summed E-state index contributed by atoms with van der Waals surface area (Å²) in [4.78, 5) is 25.8. The van der Waals surface area contributed by atoms with Crippen LogP contribution in [0.25, 0.3) is 0 Å². The maximum Gasteiger partial charge on any atom is 0.306 e. The first-order valence-electron chi connectivity index (χ1n) is 7.27. The average Bonchev–Trinajstić information content (AvgIpc) is 2.65. The number of nitrogens with zero attached hydrogens (tertiary/aromatic N) is 1. The zero-order chi connectivity index (χ0) is 14.6. The van der Waals surface area contributed by atoms with Gasteiger partial charge in [-0.05, 0) is 47.0 Å². The lowest BCUT2D eigenvalue weighted by Crippen LogP contribution is -2.40. The molecule has 0 aromatic heterocycles. The molecule has 110 valence electrons. The van der Waals surface area contributed by atoms with Gasteiger partial charge in [0, 0.05) is 18.5 Å². The Morgan fingerprint density at radius 1 is 1.21 bits per heavy atom. The highest BCUT2D eigenvalue weighted by molar-refractivity contribution is 5.82. The van der Waals surface area contributed by atoms with Crippen LogP contribution >= 0.6 is 0 Å². The number of carbonyl (C=O) groups is 2. The molecule has 1 aliphatic heterocycles. The number of esters is 1. The molecule has 2 atom stereocenters. The lowest BCUT2D eigenvalue weighted by Gasteiger charge is -2.28. The van der Waals surface area contributed by atoms with Crippen LogP contribution in [0.2, 0.25) is 0 Å². The van der Waals surface area contributed by atoms with Gasteiger partial charge in [0.05, 0.1) is 6.42 Å². The summed E-state index contributed by atoms with van der Waals surface area (Å²) in [5.41, 5.74) is -0.479. The van der Waals surface area contributed by atoms with Crippen LogP contribution in [0, 0.1) is 0 Å². The van der Waals surface area contributed by atoms with E-state index < -0.39 is 5.60 Å². The van der Waals surface area contributed by atoms with E-state index in [0.717, 1.165) is 19.3 Å². The van der Waals surface area contributed by atoms with Gasteiger partial charge in [-0.3, -0.25) is 9.59 Å². The van der Waals surface area contributed by atoms with Gasteiger partial charge in [0.25, 0.3) is 0 Å². The largest absolute Gasteiger partial charge is 0.460 e. The first kappa shape index (κ1) is 16.0. The maximum absolute atomic E-state index is 12.2. The Balaban J connectivity index is 2.45. The van der Waals surface area contributed by atoms with Gasteiger partial charge in [-0.2, -0.15) is 0 Å². The summed E-state index contributed by atoms with van der Waals surface area (Å²) in [6.07, 6.45) is 3.57. The highest BCUT2D eigenvalue weighted by atomic mass is 16.6. The molecule has 0 spiro atoms. The van der Waals surface area contributed by atoms with E-state index in [1.54, 1.807) is 0 Å². The van der Waals surface area contributed by atoms with Crippen LogP contribution < -0.4 is 0 Å². The standard InChI is InChI=1S/C15H27NO3/c1-6-12-8-7-11(2)16(12)13(17)9-10-14(18)19-15(3,4)5/h11-12H,6-10H2,1-5H3. The molecule has 1 heterocycles. The van der Waals surface area contributed by atoms with Crippen LogP contribution in [0.4, 0.5) is 0 Å². The molecule has 4 heteroatoms. The summed E-state index contributed by atoms with van der Waals surface area (Å²) < 4.78 is 5.22. The van der Waals surface area contributed by atoms with Crippen molar-refractivity contribution in [3.63, 3.8) is 0 Å². The van der Waals surface area contributed by atoms with Gasteiger partial charge >= 0.3 is 5.97 Å². The van der Waals surface area contributed by atoms with Crippen molar-refractivity contribution in [3.8, 4) is 0 Å². The van der Waals surface area contributed by atoms with Crippen molar-refractivity contribution in [2.45, 2.75) is 84.4 Å². The highest BCUT2D eigenvalue weighted by Crippen LogP contribution is 2.27. The third-order valence-corrected chi connectivity index (χ3v) is 3.51. The lowest BCUT2D eigenvalue weighted by atomic mass is 10.1. The molecule has 19 heavy (non-hydrogen) atoms. The lowest BCUT2D eigenvalue weighted by molar-refractivity contribution is -0.156. The molecule has 0 radical (unpaired) electrons. The van der Waals surface area contributed by atoms with Crippen molar-refractivity contribution in [2.24, 2.45) is 0 Å². The number of amides is 1. The Labute approximate surface area is 116 Å². The van der Waals surface area contributed by atoms with Crippen molar-refractivity contribution in [1.82, 2.24) is 4.90 Å². The number of likely N-dealkylation sites (tertiary alicyclic amines) is 1. The minimum Gasteiger partial charge on any atom is -0.460 e. The first-order chi connectivity index (χ1) is 8.74. The molecule has 1 amide bonds. The van der Waals surface area contributed by atoms with Crippen molar-refractivity contribution in [2.75, 3.05) is 0 Å². The average molecular weight is 269 g/mol. The van der Waals surface area contributed by atoms with Gasteiger partial charge < -0.3 is 9.64 Å². The summed E-state index contributed by atoms with van der Waals surface area (Å²) in [6.45, 7) is 9.70. The molecule has 0 N–H and O–H groups in total. The normalized spacial score (nSPS) is 23.5. The van der Waals surface area contributed by atoms with Crippen LogP contribution in [-0.4, -0.2) is 34.5 Å². The topological polar surface area (TPSA) is 46.6 Å². The molecule has 0 saturated carbocycles. The Hall–Kier alpha value is -1.06. The van der Waals surface area contributed by atoms with E-state index in [2.05, 4.69) is 13.8 Å². The third kappa shape index (κ3) is 4.84. The zero-order valence-electron chi connectivity index (χ0n) is 12.9. The van der Waals surface area contributed by atoms with E-state index in [1.807, 2.05) is 25.7 Å². The Kier molecular flexibility index (Phi) is 5.39. The van der Waals surface area contributed by atoms with Gasteiger partial charge in [-0.25, -0.2) is 0 Å². The summed E-state index contributed by atoms with van der Waals surface area (Å²) >= 11 is 0. The second kappa shape index (κ2) is 6.40.